The highest BCUT2D eigenvalue weighted by Gasteiger charge is 2.16. The number of piperazine rings is 1. The van der Waals surface area contributed by atoms with E-state index in [2.05, 4.69) is 50.8 Å². The van der Waals surface area contributed by atoms with Gasteiger partial charge >= 0.3 is 6.03 Å². The Balaban J connectivity index is 1.23. The molecule has 0 radical (unpaired) electrons. The molecule has 2 N–H and O–H groups in total. The highest BCUT2D eigenvalue weighted by molar-refractivity contribution is 5.73. The predicted molar refractivity (Wildman–Crippen MR) is 125 cm³/mol. The molecule has 2 amide bonds. The Morgan fingerprint density at radius 3 is 2.26 bits per heavy atom. The molecule has 1 aliphatic rings. The first-order valence-electron chi connectivity index (χ1n) is 11.4. The number of urea groups is 1. The van der Waals surface area contributed by atoms with Crippen LogP contribution in [0, 0.1) is 0 Å². The van der Waals surface area contributed by atoms with Gasteiger partial charge in [0, 0.05) is 52.4 Å². The number of hydrogen-bond donors (Lipinski definition) is 2. The molecule has 168 valence electrons. The van der Waals surface area contributed by atoms with Crippen molar-refractivity contribution in [3.05, 3.63) is 71.3 Å². The zero-order valence-corrected chi connectivity index (χ0v) is 18.7. The number of amides is 2. The molecule has 1 aliphatic heterocycles. The van der Waals surface area contributed by atoms with Gasteiger partial charge in [-0.1, -0.05) is 54.6 Å². The van der Waals surface area contributed by atoms with Gasteiger partial charge in [-0.05, 0) is 36.6 Å². The monoisotopic (exact) mass is 424 g/mol. The molecule has 1 heterocycles. The fourth-order valence-corrected chi connectivity index (χ4v) is 3.74. The molecular weight excluding hydrogens is 388 g/mol. The zero-order chi connectivity index (χ0) is 21.7. The largest absolute Gasteiger partial charge is 0.377 e. The second-order valence-electron chi connectivity index (χ2n) is 8.02. The fourth-order valence-electron chi connectivity index (χ4n) is 3.74. The van der Waals surface area contributed by atoms with Gasteiger partial charge in [0.2, 0.25) is 0 Å². The van der Waals surface area contributed by atoms with Crippen molar-refractivity contribution in [3.8, 4) is 0 Å². The van der Waals surface area contributed by atoms with E-state index < -0.39 is 0 Å². The van der Waals surface area contributed by atoms with Crippen LogP contribution in [-0.4, -0.2) is 61.7 Å². The molecule has 2 aromatic carbocycles. The molecule has 1 fully saturated rings. The molecule has 1 saturated heterocycles. The van der Waals surface area contributed by atoms with Gasteiger partial charge in [0.05, 0.1) is 6.61 Å². The molecule has 0 saturated carbocycles. The van der Waals surface area contributed by atoms with Crippen LogP contribution in [0.2, 0.25) is 0 Å². The highest BCUT2D eigenvalue weighted by Crippen LogP contribution is 2.09. The molecule has 0 aliphatic carbocycles. The fraction of sp³-hybridized carbons (Fsp3) is 0.480. The lowest BCUT2D eigenvalue weighted by Gasteiger charge is -2.34. The summed E-state index contributed by atoms with van der Waals surface area (Å²) in [4.78, 5) is 17.0. The van der Waals surface area contributed by atoms with E-state index in [4.69, 9.17) is 4.74 Å². The average Bonchev–Trinajstić information content (AvgIpc) is 2.81. The Labute approximate surface area is 186 Å². The summed E-state index contributed by atoms with van der Waals surface area (Å²) in [5.74, 6) is 0. The van der Waals surface area contributed by atoms with Gasteiger partial charge in [0.15, 0.2) is 0 Å². The quantitative estimate of drug-likeness (QED) is 0.544. The van der Waals surface area contributed by atoms with E-state index >= 15 is 0 Å². The van der Waals surface area contributed by atoms with Gasteiger partial charge in [0.25, 0.3) is 0 Å². The highest BCUT2D eigenvalue weighted by atomic mass is 16.5. The maximum atomic E-state index is 12.0. The summed E-state index contributed by atoms with van der Waals surface area (Å²) in [6, 6.07) is 18.7. The van der Waals surface area contributed by atoms with Crippen LogP contribution in [-0.2, 0) is 24.4 Å². The van der Waals surface area contributed by atoms with Crippen LogP contribution >= 0.6 is 0 Å². The standard InChI is InChI=1S/C25H36N4O2/c1-2-31-21-24-11-9-22(10-12-24)19-27-25(30)26-13-6-14-28-15-17-29(18-16-28)20-23-7-4-3-5-8-23/h3-5,7-12H,2,6,13-21H2,1H3,(H2,26,27,30). The number of rotatable bonds is 11. The molecule has 0 atom stereocenters. The lowest BCUT2D eigenvalue weighted by atomic mass is 10.1. The Hall–Kier alpha value is -2.41. The Morgan fingerprint density at radius 1 is 0.871 bits per heavy atom. The minimum atomic E-state index is -0.105. The topological polar surface area (TPSA) is 56.8 Å². The molecule has 0 spiro atoms. The van der Waals surface area contributed by atoms with Crippen molar-refractivity contribution in [2.45, 2.75) is 33.0 Å². The van der Waals surface area contributed by atoms with Crippen LogP contribution in [0.5, 0.6) is 0 Å². The van der Waals surface area contributed by atoms with Gasteiger partial charge in [-0.3, -0.25) is 4.90 Å². The zero-order valence-electron chi connectivity index (χ0n) is 18.7. The minimum absolute atomic E-state index is 0.105. The third-order valence-electron chi connectivity index (χ3n) is 5.60. The van der Waals surface area contributed by atoms with Crippen molar-refractivity contribution in [1.82, 2.24) is 20.4 Å². The van der Waals surface area contributed by atoms with Crippen LogP contribution in [0.3, 0.4) is 0 Å². The summed E-state index contributed by atoms with van der Waals surface area (Å²) in [5.41, 5.74) is 3.62. The number of ether oxygens (including phenoxy) is 1. The molecule has 2 aromatic rings. The van der Waals surface area contributed by atoms with E-state index in [0.717, 1.165) is 56.8 Å². The van der Waals surface area contributed by atoms with E-state index in [1.54, 1.807) is 0 Å². The Morgan fingerprint density at radius 2 is 1.55 bits per heavy atom. The van der Waals surface area contributed by atoms with E-state index in [-0.39, 0.29) is 6.03 Å². The third-order valence-corrected chi connectivity index (χ3v) is 5.60. The van der Waals surface area contributed by atoms with Gasteiger partial charge in [-0.25, -0.2) is 4.79 Å². The van der Waals surface area contributed by atoms with Gasteiger partial charge < -0.3 is 20.3 Å². The molecule has 0 bridgehead atoms. The van der Waals surface area contributed by atoms with Crippen LogP contribution in [0.25, 0.3) is 0 Å². The van der Waals surface area contributed by atoms with Crippen LogP contribution in [0.15, 0.2) is 54.6 Å². The first-order chi connectivity index (χ1) is 15.2. The number of hydrogen-bond acceptors (Lipinski definition) is 4. The van der Waals surface area contributed by atoms with Crippen LogP contribution < -0.4 is 10.6 Å². The van der Waals surface area contributed by atoms with Crippen LogP contribution in [0.1, 0.15) is 30.0 Å². The van der Waals surface area contributed by atoms with E-state index in [0.29, 0.717) is 26.3 Å². The van der Waals surface area contributed by atoms with Gasteiger partial charge in [-0.2, -0.15) is 0 Å². The lowest BCUT2D eigenvalue weighted by Crippen LogP contribution is -2.46. The molecule has 6 nitrogen and oxygen atoms in total. The molecule has 3 rings (SSSR count). The number of benzene rings is 2. The van der Waals surface area contributed by atoms with Gasteiger partial charge in [0.1, 0.15) is 0 Å². The molecule has 0 aromatic heterocycles. The summed E-state index contributed by atoms with van der Waals surface area (Å²) >= 11 is 0. The van der Waals surface area contributed by atoms with Crippen molar-refractivity contribution in [1.29, 1.82) is 0 Å². The SMILES string of the molecule is CCOCc1ccc(CNC(=O)NCCCN2CCN(Cc3ccccc3)CC2)cc1. The second kappa shape index (κ2) is 13.1. The van der Waals surface area contributed by atoms with Crippen molar-refractivity contribution >= 4 is 6.03 Å². The Kier molecular flexibility index (Phi) is 9.83. The lowest BCUT2D eigenvalue weighted by molar-refractivity contribution is 0.126. The van der Waals surface area contributed by atoms with Crippen molar-refractivity contribution in [2.24, 2.45) is 0 Å². The molecule has 0 unspecified atom stereocenters. The maximum Gasteiger partial charge on any atom is 0.315 e. The van der Waals surface area contributed by atoms with Gasteiger partial charge in [-0.15, -0.1) is 0 Å². The van der Waals surface area contributed by atoms with E-state index in [1.807, 2.05) is 31.2 Å². The number of carbonyl (C=O) groups is 1. The summed E-state index contributed by atoms with van der Waals surface area (Å²) in [5, 5.41) is 5.89. The third kappa shape index (κ3) is 8.69. The summed E-state index contributed by atoms with van der Waals surface area (Å²) in [6.07, 6.45) is 0.970. The number of nitrogens with one attached hydrogen (secondary N) is 2. The summed E-state index contributed by atoms with van der Waals surface area (Å²) in [7, 11) is 0. The van der Waals surface area contributed by atoms with E-state index in [1.165, 1.54) is 5.56 Å². The predicted octanol–water partition coefficient (Wildman–Crippen LogP) is 3.23. The minimum Gasteiger partial charge on any atom is -0.377 e. The molecular formula is C25H36N4O2. The second-order valence-corrected chi connectivity index (χ2v) is 8.02. The summed E-state index contributed by atoms with van der Waals surface area (Å²) < 4.78 is 5.40. The van der Waals surface area contributed by atoms with Crippen molar-refractivity contribution in [2.75, 3.05) is 45.9 Å². The normalized spacial score (nSPS) is 15.0. The number of nitrogens with zero attached hydrogens (tertiary/aromatic N) is 2. The first-order valence-corrected chi connectivity index (χ1v) is 11.4. The number of carbonyl (C=O) groups excluding carboxylic acids is 1. The van der Waals surface area contributed by atoms with Crippen molar-refractivity contribution in [3.63, 3.8) is 0 Å². The maximum absolute atomic E-state index is 12.0. The van der Waals surface area contributed by atoms with Crippen LogP contribution in [0.4, 0.5) is 4.79 Å². The molecule has 6 heteroatoms. The Bertz CT molecular complexity index is 759. The van der Waals surface area contributed by atoms with Crippen molar-refractivity contribution < 1.29 is 9.53 Å². The molecule has 31 heavy (non-hydrogen) atoms. The summed E-state index contributed by atoms with van der Waals surface area (Å²) in [6.45, 7) is 11.0. The van der Waals surface area contributed by atoms with E-state index in [9.17, 15) is 4.79 Å². The smallest absolute Gasteiger partial charge is 0.315 e. The first kappa shape index (κ1) is 23.3. The average molecular weight is 425 g/mol.